The molecule has 2 aromatic heterocycles. The third-order valence-corrected chi connectivity index (χ3v) is 3.66. The van der Waals surface area contributed by atoms with Crippen LogP contribution < -0.4 is 0 Å². The second-order valence-electron chi connectivity index (χ2n) is 4.55. The summed E-state index contributed by atoms with van der Waals surface area (Å²) in [6.07, 6.45) is 2.12. The first-order chi connectivity index (χ1) is 8.63. The molecule has 0 bridgehead atoms. The van der Waals surface area contributed by atoms with Crippen LogP contribution in [0.25, 0.3) is 10.9 Å². The van der Waals surface area contributed by atoms with Gasteiger partial charge in [-0.2, -0.15) is 5.10 Å². The zero-order valence-electron chi connectivity index (χ0n) is 10.4. The Morgan fingerprint density at radius 2 is 2.06 bits per heavy atom. The molecule has 0 aliphatic rings. The van der Waals surface area contributed by atoms with Gasteiger partial charge in [-0.1, -0.05) is 15.9 Å². The fraction of sp³-hybridized carbons (Fsp3) is 0.214. The SMILES string of the molecule is Cc1cc(Cn2ccc3cc(Br)ccc32)n(C)n1. The Balaban J connectivity index is 2.02. The van der Waals surface area contributed by atoms with Crippen LogP contribution in [-0.4, -0.2) is 14.3 Å². The Morgan fingerprint density at radius 1 is 1.22 bits per heavy atom. The summed E-state index contributed by atoms with van der Waals surface area (Å²) in [6.45, 7) is 2.87. The molecule has 0 N–H and O–H groups in total. The molecule has 2 heterocycles. The molecule has 92 valence electrons. The highest BCUT2D eigenvalue weighted by molar-refractivity contribution is 9.10. The first-order valence-electron chi connectivity index (χ1n) is 5.87. The van der Waals surface area contributed by atoms with E-state index in [1.165, 1.54) is 16.6 Å². The number of benzene rings is 1. The molecule has 1 aromatic carbocycles. The van der Waals surface area contributed by atoms with E-state index in [9.17, 15) is 0 Å². The van der Waals surface area contributed by atoms with E-state index in [1.54, 1.807) is 0 Å². The van der Waals surface area contributed by atoms with Crippen molar-refractivity contribution in [1.29, 1.82) is 0 Å². The fourth-order valence-electron chi connectivity index (χ4n) is 2.30. The molecule has 0 aliphatic heterocycles. The number of hydrogen-bond donors (Lipinski definition) is 0. The number of rotatable bonds is 2. The molecule has 3 aromatic rings. The lowest BCUT2D eigenvalue weighted by atomic mass is 10.2. The first kappa shape index (κ1) is 11.5. The van der Waals surface area contributed by atoms with Gasteiger partial charge >= 0.3 is 0 Å². The van der Waals surface area contributed by atoms with Gasteiger partial charge in [-0.15, -0.1) is 0 Å². The maximum Gasteiger partial charge on any atom is 0.0645 e. The summed E-state index contributed by atoms with van der Waals surface area (Å²) in [6, 6.07) is 10.6. The van der Waals surface area contributed by atoms with Crippen molar-refractivity contribution in [3.63, 3.8) is 0 Å². The van der Waals surface area contributed by atoms with Crippen molar-refractivity contribution in [2.45, 2.75) is 13.5 Å². The van der Waals surface area contributed by atoms with Crippen molar-refractivity contribution in [2.75, 3.05) is 0 Å². The minimum absolute atomic E-state index is 0.850. The van der Waals surface area contributed by atoms with Crippen molar-refractivity contribution >= 4 is 26.8 Å². The summed E-state index contributed by atoms with van der Waals surface area (Å²) < 4.78 is 5.31. The molecule has 0 aliphatic carbocycles. The molecule has 0 spiro atoms. The third-order valence-electron chi connectivity index (χ3n) is 3.16. The van der Waals surface area contributed by atoms with Gasteiger partial charge in [0.1, 0.15) is 0 Å². The van der Waals surface area contributed by atoms with Gasteiger partial charge in [-0.25, -0.2) is 0 Å². The largest absolute Gasteiger partial charge is 0.341 e. The first-order valence-corrected chi connectivity index (χ1v) is 6.67. The molecule has 0 atom stereocenters. The van der Waals surface area contributed by atoms with Gasteiger partial charge < -0.3 is 4.57 Å². The van der Waals surface area contributed by atoms with Gasteiger partial charge in [0, 0.05) is 28.6 Å². The predicted octanol–water partition coefficient (Wildman–Crippen LogP) is 3.49. The van der Waals surface area contributed by atoms with E-state index in [2.05, 4.69) is 62.1 Å². The summed E-state index contributed by atoms with van der Waals surface area (Å²) >= 11 is 3.50. The molecule has 0 saturated heterocycles. The van der Waals surface area contributed by atoms with E-state index in [0.717, 1.165) is 16.7 Å². The van der Waals surface area contributed by atoms with Crippen LogP contribution in [0.2, 0.25) is 0 Å². The van der Waals surface area contributed by atoms with Crippen LogP contribution in [0.3, 0.4) is 0 Å². The highest BCUT2D eigenvalue weighted by Crippen LogP contribution is 2.21. The van der Waals surface area contributed by atoms with Crippen LogP contribution in [0.5, 0.6) is 0 Å². The monoisotopic (exact) mass is 303 g/mol. The van der Waals surface area contributed by atoms with E-state index in [0.29, 0.717) is 0 Å². The minimum Gasteiger partial charge on any atom is -0.341 e. The molecule has 3 nitrogen and oxygen atoms in total. The maximum atomic E-state index is 4.38. The van der Waals surface area contributed by atoms with Gasteiger partial charge in [-0.3, -0.25) is 4.68 Å². The lowest BCUT2D eigenvalue weighted by Gasteiger charge is -2.05. The smallest absolute Gasteiger partial charge is 0.0645 e. The average Bonchev–Trinajstić information content (AvgIpc) is 2.84. The molecule has 0 saturated carbocycles. The van der Waals surface area contributed by atoms with Gasteiger partial charge in [0.2, 0.25) is 0 Å². The van der Waals surface area contributed by atoms with Crippen LogP contribution in [0.1, 0.15) is 11.4 Å². The van der Waals surface area contributed by atoms with E-state index >= 15 is 0 Å². The molecule has 0 radical (unpaired) electrons. The molecule has 18 heavy (non-hydrogen) atoms. The molecule has 3 rings (SSSR count). The number of hydrogen-bond acceptors (Lipinski definition) is 1. The molecule has 4 heteroatoms. The summed E-state index contributed by atoms with van der Waals surface area (Å²) in [7, 11) is 1.99. The van der Waals surface area contributed by atoms with E-state index < -0.39 is 0 Å². The Morgan fingerprint density at radius 3 is 2.78 bits per heavy atom. The third kappa shape index (κ3) is 1.97. The molecule has 0 amide bonds. The van der Waals surface area contributed by atoms with Crippen LogP contribution in [0.4, 0.5) is 0 Å². The fourth-order valence-corrected chi connectivity index (χ4v) is 2.67. The van der Waals surface area contributed by atoms with Gasteiger partial charge in [0.15, 0.2) is 0 Å². The maximum absolute atomic E-state index is 4.38. The van der Waals surface area contributed by atoms with Gasteiger partial charge in [-0.05, 0) is 37.3 Å². The average molecular weight is 304 g/mol. The summed E-state index contributed by atoms with van der Waals surface area (Å²) in [5.41, 5.74) is 3.52. The Bertz CT molecular complexity index is 709. The van der Waals surface area contributed by atoms with Crippen LogP contribution in [0.15, 0.2) is 41.0 Å². The standard InChI is InChI=1S/C14H14BrN3/c1-10-7-13(17(2)16-10)9-18-6-5-11-8-12(15)3-4-14(11)18/h3-8H,9H2,1-2H3. The summed E-state index contributed by atoms with van der Waals surface area (Å²) in [5.74, 6) is 0. The summed E-state index contributed by atoms with van der Waals surface area (Å²) in [4.78, 5) is 0. The van der Waals surface area contributed by atoms with Crippen LogP contribution >= 0.6 is 15.9 Å². The highest BCUT2D eigenvalue weighted by atomic mass is 79.9. The number of fused-ring (bicyclic) bond motifs is 1. The summed E-state index contributed by atoms with van der Waals surface area (Å²) in [5, 5.41) is 5.63. The molecular formula is C14H14BrN3. The zero-order valence-corrected chi connectivity index (χ0v) is 12.0. The minimum atomic E-state index is 0.850. The van der Waals surface area contributed by atoms with Crippen molar-refractivity contribution in [3.8, 4) is 0 Å². The molecule has 0 unspecified atom stereocenters. The van der Waals surface area contributed by atoms with E-state index in [-0.39, 0.29) is 0 Å². The van der Waals surface area contributed by atoms with Crippen molar-refractivity contribution in [1.82, 2.24) is 14.3 Å². The second-order valence-corrected chi connectivity index (χ2v) is 5.46. The normalized spacial score (nSPS) is 11.3. The van der Waals surface area contributed by atoms with Crippen molar-refractivity contribution < 1.29 is 0 Å². The van der Waals surface area contributed by atoms with Gasteiger partial charge in [0.05, 0.1) is 17.9 Å². The number of nitrogens with zero attached hydrogens (tertiary/aromatic N) is 3. The Hall–Kier alpha value is -1.55. The second kappa shape index (κ2) is 4.28. The highest BCUT2D eigenvalue weighted by Gasteiger charge is 2.06. The molecular weight excluding hydrogens is 290 g/mol. The van der Waals surface area contributed by atoms with Crippen molar-refractivity contribution in [3.05, 3.63) is 52.4 Å². The lowest BCUT2D eigenvalue weighted by Crippen LogP contribution is -2.04. The van der Waals surface area contributed by atoms with E-state index in [1.807, 2.05) is 18.7 Å². The van der Waals surface area contributed by atoms with Crippen LogP contribution in [-0.2, 0) is 13.6 Å². The van der Waals surface area contributed by atoms with Gasteiger partial charge in [0.25, 0.3) is 0 Å². The number of aryl methyl sites for hydroxylation is 2. The zero-order chi connectivity index (χ0) is 12.7. The van der Waals surface area contributed by atoms with Crippen LogP contribution in [0, 0.1) is 6.92 Å². The van der Waals surface area contributed by atoms with E-state index in [4.69, 9.17) is 0 Å². The quantitative estimate of drug-likeness (QED) is 0.710. The van der Waals surface area contributed by atoms with Crippen molar-refractivity contribution in [2.24, 2.45) is 7.05 Å². The lowest BCUT2D eigenvalue weighted by molar-refractivity contribution is 0.673. The topological polar surface area (TPSA) is 22.8 Å². The predicted molar refractivity (Wildman–Crippen MR) is 76.7 cm³/mol. The Kier molecular flexibility index (Phi) is 2.74. The number of halogens is 1. The number of aromatic nitrogens is 3. The molecule has 0 fully saturated rings. The Labute approximate surface area is 114 Å².